The molecule has 0 saturated carbocycles. The first kappa shape index (κ1) is 20.7. The molecule has 1 aliphatic heterocycles. The van der Waals surface area contributed by atoms with Gasteiger partial charge in [0.1, 0.15) is 4.90 Å². The molecule has 1 radical (unpaired) electrons. The monoisotopic (exact) mass is 487 g/mol. The zero-order valence-electron chi connectivity index (χ0n) is 16.6. The molecule has 151 valence electrons. The standard InChI is InChI=1S/C22H24BrN2O2SSi/c1-3-29(4-2)21-15-25(14-18-17(21)10-6-11-19(18)23)28(26,27)20-12-5-8-16-9-7-13-24-22(16)20/h5-13,21H,3-4,14-15H2,1-2H3. The molecular formula is C22H24BrN2O2SSi. The average molecular weight is 489 g/mol. The molecule has 0 fully saturated rings. The van der Waals surface area contributed by atoms with Crippen LogP contribution in [-0.2, 0) is 16.6 Å². The fraction of sp³-hybridized carbons (Fsp3) is 0.318. The summed E-state index contributed by atoms with van der Waals surface area (Å²) >= 11 is 3.67. The maximum absolute atomic E-state index is 13.7. The van der Waals surface area contributed by atoms with Crippen LogP contribution in [-0.4, -0.2) is 33.0 Å². The lowest BCUT2D eigenvalue weighted by molar-refractivity contribution is 0.382. The number of sulfonamides is 1. The summed E-state index contributed by atoms with van der Waals surface area (Å²) < 4.78 is 30.2. The Morgan fingerprint density at radius 3 is 2.59 bits per heavy atom. The predicted molar refractivity (Wildman–Crippen MR) is 123 cm³/mol. The first-order valence-corrected chi connectivity index (χ1v) is 14.2. The average Bonchev–Trinajstić information content (AvgIpc) is 2.74. The Kier molecular flexibility index (Phi) is 5.93. The Hall–Kier alpha value is -1.54. The summed E-state index contributed by atoms with van der Waals surface area (Å²) in [5, 5.41) is 0.843. The molecule has 4 rings (SSSR count). The van der Waals surface area contributed by atoms with Crippen molar-refractivity contribution in [2.24, 2.45) is 0 Å². The Balaban J connectivity index is 1.83. The molecule has 0 amide bonds. The van der Waals surface area contributed by atoms with E-state index < -0.39 is 18.8 Å². The van der Waals surface area contributed by atoms with Gasteiger partial charge in [-0.05, 0) is 34.9 Å². The van der Waals surface area contributed by atoms with Crippen molar-refractivity contribution >= 4 is 45.7 Å². The molecule has 0 aliphatic carbocycles. The van der Waals surface area contributed by atoms with Crippen molar-refractivity contribution < 1.29 is 8.42 Å². The van der Waals surface area contributed by atoms with Crippen molar-refractivity contribution in [2.75, 3.05) is 6.54 Å². The van der Waals surface area contributed by atoms with E-state index >= 15 is 0 Å². The molecule has 0 bridgehead atoms. The van der Waals surface area contributed by atoms with Crippen LogP contribution in [0, 0.1) is 0 Å². The summed E-state index contributed by atoms with van der Waals surface area (Å²) in [6.45, 7) is 5.40. The van der Waals surface area contributed by atoms with Crippen LogP contribution < -0.4 is 0 Å². The van der Waals surface area contributed by atoms with Gasteiger partial charge in [-0.2, -0.15) is 4.31 Å². The normalized spacial score (nSPS) is 17.6. The molecule has 2 heterocycles. The highest BCUT2D eigenvalue weighted by molar-refractivity contribution is 9.10. The van der Waals surface area contributed by atoms with Gasteiger partial charge in [-0.1, -0.05) is 72.2 Å². The number of fused-ring (bicyclic) bond motifs is 2. The summed E-state index contributed by atoms with van der Waals surface area (Å²) in [4.78, 5) is 4.68. The number of hydrogen-bond acceptors (Lipinski definition) is 3. The lowest BCUT2D eigenvalue weighted by Gasteiger charge is -2.37. The van der Waals surface area contributed by atoms with Gasteiger partial charge in [0.15, 0.2) is 0 Å². The van der Waals surface area contributed by atoms with E-state index in [1.807, 2.05) is 24.3 Å². The molecule has 29 heavy (non-hydrogen) atoms. The van der Waals surface area contributed by atoms with E-state index in [9.17, 15) is 8.42 Å². The second-order valence-electron chi connectivity index (χ2n) is 7.35. The lowest BCUT2D eigenvalue weighted by atomic mass is 10.0. The number of para-hydroxylation sites is 1. The summed E-state index contributed by atoms with van der Waals surface area (Å²) in [5.41, 5.74) is 3.25. The SMILES string of the molecule is CC[Si](CC)C1CN(S(=O)(=O)c2cccc3cccnc23)Cc2c(Br)cccc21. The highest BCUT2D eigenvalue weighted by Crippen LogP contribution is 2.38. The smallest absolute Gasteiger partial charge is 0.245 e. The third-order valence-electron chi connectivity index (χ3n) is 5.87. The minimum Gasteiger partial charge on any atom is -0.255 e. The van der Waals surface area contributed by atoms with Crippen molar-refractivity contribution in [3.63, 3.8) is 0 Å². The van der Waals surface area contributed by atoms with Crippen LogP contribution in [0.2, 0.25) is 12.1 Å². The largest absolute Gasteiger partial charge is 0.255 e. The first-order chi connectivity index (χ1) is 14.0. The Morgan fingerprint density at radius 1 is 1.10 bits per heavy atom. The molecule has 7 heteroatoms. The van der Waals surface area contributed by atoms with Crippen molar-refractivity contribution in [1.29, 1.82) is 0 Å². The van der Waals surface area contributed by atoms with E-state index in [2.05, 4.69) is 46.9 Å². The van der Waals surface area contributed by atoms with Gasteiger partial charge in [-0.25, -0.2) is 8.42 Å². The van der Waals surface area contributed by atoms with Gasteiger partial charge in [0.25, 0.3) is 0 Å². The van der Waals surface area contributed by atoms with Crippen molar-refractivity contribution in [3.8, 4) is 0 Å². The molecule has 1 unspecified atom stereocenters. The van der Waals surface area contributed by atoms with E-state index in [4.69, 9.17) is 0 Å². The maximum Gasteiger partial charge on any atom is 0.245 e. The second kappa shape index (κ2) is 8.30. The molecule has 1 atom stereocenters. The van der Waals surface area contributed by atoms with Crippen LogP contribution in [0.5, 0.6) is 0 Å². The molecule has 0 N–H and O–H groups in total. The summed E-state index contributed by atoms with van der Waals surface area (Å²) in [6.07, 6.45) is 1.65. The maximum atomic E-state index is 13.7. The molecule has 4 nitrogen and oxygen atoms in total. The van der Waals surface area contributed by atoms with Gasteiger partial charge in [0.2, 0.25) is 10.0 Å². The van der Waals surface area contributed by atoms with Crippen LogP contribution in [0.15, 0.2) is 64.1 Å². The van der Waals surface area contributed by atoms with E-state index in [0.29, 0.717) is 23.5 Å². The van der Waals surface area contributed by atoms with Gasteiger partial charge in [-0.15, -0.1) is 0 Å². The van der Waals surface area contributed by atoms with Crippen LogP contribution in [0.25, 0.3) is 10.9 Å². The van der Waals surface area contributed by atoms with Gasteiger partial charge in [0.05, 0.1) is 14.3 Å². The quantitative estimate of drug-likeness (QED) is 0.455. The van der Waals surface area contributed by atoms with Gasteiger partial charge >= 0.3 is 0 Å². The highest BCUT2D eigenvalue weighted by Gasteiger charge is 2.37. The van der Waals surface area contributed by atoms with E-state index in [-0.39, 0.29) is 5.54 Å². The zero-order valence-corrected chi connectivity index (χ0v) is 20.0. The molecule has 0 saturated heterocycles. The zero-order chi connectivity index (χ0) is 20.6. The third-order valence-corrected chi connectivity index (χ3v) is 11.7. The van der Waals surface area contributed by atoms with E-state index in [0.717, 1.165) is 27.5 Å². The number of halogens is 1. The number of benzene rings is 2. The summed E-state index contributed by atoms with van der Waals surface area (Å²) in [5.74, 6) is 0. The van der Waals surface area contributed by atoms with Crippen molar-refractivity contribution in [1.82, 2.24) is 9.29 Å². The third kappa shape index (κ3) is 3.69. The number of hydrogen-bond donors (Lipinski definition) is 0. The number of aromatic nitrogens is 1. The number of pyridine rings is 1. The highest BCUT2D eigenvalue weighted by atomic mass is 79.9. The Morgan fingerprint density at radius 2 is 1.83 bits per heavy atom. The Bertz CT molecular complexity index is 1140. The molecule has 1 aromatic heterocycles. The number of rotatable bonds is 5. The summed E-state index contributed by atoms with van der Waals surface area (Å²) in [6, 6.07) is 17.6. The Labute approximate surface area is 182 Å². The van der Waals surface area contributed by atoms with Crippen LogP contribution in [0.4, 0.5) is 0 Å². The number of nitrogens with zero attached hydrogens (tertiary/aromatic N) is 2. The van der Waals surface area contributed by atoms with Crippen molar-refractivity contribution in [2.45, 2.75) is 42.9 Å². The molecule has 3 aromatic rings. The van der Waals surface area contributed by atoms with E-state index in [1.165, 1.54) is 5.56 Å². The minimum atomic E-state index is -3.66. The minimum absolute atomic E-state index is 0.286. The van der Waals surface area contributed by atoms with Crippen LogP contribution in [0.1, 0.15) is 30.5 Å². The van der Waals surface area contributed by atoms with Crippen LogP contribution >= 0.6 is 15.9 Å². The lowest BCUT2D eigenvalue weighted by Crippen LogP contribution is -2.43. The van der Waals surface area contributed by atoms with Crippen molar-refractivity contribution in [3.05, 3.63) is 70.3 Å². The topological polar surface area (TPSA) is 50.3 Å². The molecule has 1 aliphatic rings. The van der Waals surface area contributed by atoms with Crippen LogP contribution in [0.3, 0.4) is 0 Å². The van der Waals surface area contributed by atoms with Gasteiger partial charge in [0, 0.05) is 29.1 Å². The van der Waals surface area contributed by atoms with Gasteiger partial charge < -0.3 is 0 Å². The fourth-order valence-corrected chi connectivity index (χ4v) is 9.21. The van der Waals surface area contributed by atoms with Gasteiger partial charge in [-0.3, -0.25) is 4.98 Å². The summed E-state index contributed by atoms with van der Waals surface area (Å²) in [7, 11) is -4.38. The first-order valence-electron chi connectivity index (χ1n) is 9.93. The molecule has 2 aromatic carbocycles. The van der Waals surface area contributed by atoms with E-state index in [1.54, 1.807) is 22.6 Å². The predicted octanol–water partition coefficient (Wildman–Crippen LogP) is 5.36. The fourth-order valence-electron chi connectivity index (χ4n) is 4.31. The second-order valence-corrected chi connectivity index (χ2v) is 13.5. The molecular weight excluding hydrogens is 464 g/mol. The molecule has 0 spiro atoms.